The number of nitrogens with one attached hydrogen (secondary N) is 2. The molecule has 1 aliphatic rings. The molecule has 0 bridgehead atoms. The van der Waals surface area contributed by atoms with E-state index in [0.717, 1.165) is 28.6 Å². The third kappa shape index (κ3) is 10.3. The maximum atomic E-state index is 14.1. The van der Waals surface area contributed by atoms with Crippen molar-refractivity contribution in [2.24, 2.45) is 0 Å². The summed E-state index contributed by atoms with van der Waals surface area (Å²) in [5.74, 6) is -5.29. The number of urea groups is 1. The molecule has 1 saturated heterocycles. The van der Waals surface area contributed by atoms with Crippen molar-refractivity contribution >= 4 is 33.6 Å². The largest absolute Gasteiger partial charge is 0.573 e. The second-order valence-electron chi connectivity index (χ2n) is 12.4. The van der Waals surface area contributed by atoms with E-state index in [1.165, 1.54) is 54.4 Å². The average molecular weight is 742 g/mol. The summed E-state index contributed by atoms with van der Waals surface area (Å²) in [5.41, 5.74) is -0.526. The van der Waals surface area contributed by atoms with Gasteiger partial charge >= 0.3 is 18.4 Å². The molecule has 2 N–H and O–H groups in total. The van der Waals surface area contributed by atoms with Crippen LogP contribution in [-0.2, 0) is 32.0 Å². The molecule has 1 atom stereocenters. The Morgan fingerprint density at radius 3 is 2.18 bits per heavy atom. The number of sulfonamides is 1. The first-order valence-electron chi connectivity index (χ1n) is 15.6. The molecule has 4 rings (SSSR count). The SMILES string of the molecule is CCC(F)(F)c1ccc(CNC(=O)C2CN(C(=O)Nc3ccnc(C(=O)OC(C)(C)C)c3)CCN2S(=O)(=O)c2ccc(OC(F)(F)F)cc2)cc1. The monoisotopic (exact) mass is 741 g/mol. The third-order valence-electron chi connectivity index (χ3n) is 7.49. The van der Waals surface area contributed by atoms with E-state index in [9.17, 15) is 44.8 Å². The first-order valence-corrected chi connectivity index (χ1v) is 17.0. The molecule has 0 aliphatic carbocycles. The quantitative estimate of drug-likeness (QED) is 0.200. The summed E-state index contributed by atoms with van der Waals surface area (Å²) in [5, 5.41) is 5.17. The van der Waals surface area contributed by atoms with E-state index in [2.05, 4.69) is 20.4 Å². The van der Waals surface area contributed by atoms with E-state index in [1.807, 2.05) is 0 Å². The Kier molecular flexibility index (Phi) is 11.6. The van der Waals surface area contributed by atoms with Gasteiger partial charge in [-0.05, 0) is 62.7 Å². The van der Waals surface area contributed by atoms with Gasteiger partial charge in [0, 0.05) is 50.0 Å². The summed E-state index contributed by atoms with van der Waals surface area (Å²) in [6.07, 6.45) is -4.15. The highest BCUT2D eigenvalue weighted by atomic mass is 32.2. The van der Waals surface area contributed by atoms with Crippen LogP contribution in [0.4, 0.5) is 32.4 Å². The maximum absolute atomic E-state index is 14.1. The molecule has 3 amide bonds. The van der Waals surface area contributed by atoms with Gasteiger partial charge in [0.2, 0.25) is 15.9 Å². The lowest BCUT2D eigenvalue weighted by molar-refractivity contribution is -0.274. The number of ether oxygens (including phenoxy) is 2. The predicted molar refractivity (Wildman–Crippen MR) is 173 cm³/mol. The van der Waals surface area contributed by atoms with Gasteiger partial charge in [-0.1, -0.05) is 31.2 Å². The average Bonchev–Trinajstić information content (AvgIpc) is 3.06. The summed E-state index contributed by atoms with van der Waals surface area (Å²) in [6, 6.07) is 9.03. The number of rotatable bonds is 10. The highest BCUT2D eigenvalue weighted by Gasteiger charge is 2.42. The number of alkyl halides is 5. The molecule has 1 unspecified atom stereocenters. The molecule has 12 nitrogen and oxygen atoms in total. The number of carbonyl (C=O) groups excluding carboxylic acids is 3. The lowest BCUT2D eigenvalue weighted by Gasteiger charge is -2.39. The molecule has 0 radical (unpaired) electrons. The van der Waals surface area contributed by atoms with E-state index < -0.39 is 82.0 Å². The van der Waals surface area contributed by atoms with Crippen molar-refractivity contribution in [1.29, 1.82) is 0 Å². The molecule has 0 spiro atoms. The minimum Gasteiger partial charge on any atom is -0.455 e. The van der Waals surface area contributed by atoms with Gasteiger partial charge in [-0.25, -0.2) is 31.8 Å². The zero-order valence-electron chi connectivity index (χ0n) is 28.0. The van der Waals surface area contributed by atoms with E-state index in [-0.39, 0.29) is 30.0 Å². The van der Waals surface area contributed by atoms with Gasteiger partial charge in [0.15, 0.2) is 0 Å². The highest BCUT2D eigenvalue weighted by molar-refractivity contribution is 7.89. The second kappa shape index (κ2) is 15.2. The molecule has 2 heterocycles. The fraction of sp³-hybridized carbons (Fsp3) is 0.394. The summed E-state index contributed by atoms with van der Waals surface area (Å²) >= 11 is 0. The van der Waals surface area contributed by atoms with Gasteiger partial charge in [-0.3, -0.25) is 4.79 Å². The van der Waals surface area contributed by atoms with Crippen molar-refractivity contribution in [2.75, 3.05) is 25.0 Å². The Balaban J connectivity index is 1.55. The number of piperazine rings is 1. The topological polar surface area (TPSA) is 147 Å². The summed E-state index contributed by atoms with van der Waals surface area (Å²) in [4.78, 5) is 44.1. The molecule has 2 aromatic carbocycles. The van der Waals surface area contributed by atoms with Gasteiger partial charge in [-0.2, -0.15) is 4.31 Å². The number of hydrogen-bond acceptors (Lipinski definition) is 8. The first kappa shape index (κ1) is 39.0. The number of nitrogens with zero attached hydrogens (tertiary/aromatic N) is 3. The van der Waals surface area contributed by atoms with E-state index in [0.29, 0.717) is 5.56 Å². The molecule has 3 aromatic rings. The molecule has 276 valence electrons. The first-order chi connectivity index (χ1) is 23.7. The number of aromatic nitrogens is 1. The van der Waals surface area contributed by atoms with E-state index in [4.69, 9.17) is 4.74 Å². The fourth-order valence-corrected chi connectivity index (χ4v) is 6.50. The Morgan fingerprint density at radius 1 is 0.941 bits per heavy atom. The van der Waals surface area contributed by atoms with Crippen LogP contribution in [-0.4, -0.2) is 78.2 Å². The van der Waals surface area contributed by atoms with Crippen molar-refractivity contribution in [3.8, 4) is 5.75 Å². The van der Waals surface area contributed by atoms with E-state index in [1.54, 1.807) is 20.8 Å². The molecule has 18 heteroatoms. The van der Waals surface area contributed by atoms with Crippen LogP contribution in [0.25, 0.3) is 0 Å². The zero-order valence-corrected chi connectivity index (χ0v) is 28.8. The molecule has 1 aliphatic heterocycles. The van der Waals surface area contributed by atoms with Crippen molar-refractivity contribution in [3.63, 3.8) is 0 Å². The van der Waals surface area contributed by atoms with Gasteiger partial charge in [0.25, 0.3) is 5.92 Å². The molecule has 1 aromatic heterocycles. The van der Waals surface area contributed by atoms with Crippen LogP contribution >= 0.6 is 0 Å². The van der Waals surface area contributed by atoms with E-state index >= 15 is 0 Å². The lowest BCUT2D eigenvalue weighted by atomic mass is 10.0. The van der Waals surface area contributed by atoms with Crippen LogP contribution in [0, 0.1) is 0 Å². The third-order valence-corrected chi connectivity index (χ3v) is 9.41. The summed E-state index contributed by atoms with van der Waals surface area (Å²) in [7, 11) is -4.53. The van der Waals surface area contributed by atoms with Crippen LogP contribution in [0.1, 0.15) is 55.7 Å². The van der Waals surface area contributed by atoms with Crippen LogP contribution < -0.4 is 15.4 Å². The Bertz CT molecular complexity index is 1830. The molecular weight excluding hydrogens is 705 g/mol. The standard InChI is InChI=1S/C33H36F5N5O7S/c1-5-32(34,35)22-8-6-21(7-9-22)19-40-28(44)27-20-42(30(46)41-23-14-15-39-26(18-23)29(45)50-31(2,3)4)16-17-43(27)51(47,48)25-12-10-24(11-13-25)49-33(36,37)38/h6-15,18,27H,5,16-17,19-20H2,1-4H3,(H,40,44)(H,39,41,46). The normalized spacial score (nSPS) is 15.9. The number of amides is 3. The Morgan fingerprint density at radius 2 is 1.59 bits per heavy atom. The highest BCUT2D eigenvalue weighted by Crippen LogP contribution is 2.31. The van der Waals surface area contributed by atoms with Crippen LogP contribution in [0.2, 0.25) is 0 Å². The zero-order chi connectivity index (χ0) is 37.8. The number of hydrogen-bond donors (Lipinski definition) is 2. The molecule has 51 heavy (non-hydrogen) atoms. The molecule has 1 fully saturated rings. The number of carbonyl (C=O) groups is 3. The van der Waals surface area contributed by atoms with Crippen LogP contribution in [0.3, 0.4) is 0 Å². The Labute approximate surface area is 291 Å². The summed E-state index contributed by atoms with van der Waals surface area (Å²) in [6.45, 7) is 5.11. The minimum absolute atomic E-state index is 0.0889. The van der Waals surface area contributed by atoms with Gasteiger partial charge < -0.3 is 25.0 Å². The summed E-state index contributed by atoms with van der Waals surface area (Å²) < 4.78 is 104. The van der Waals surface area contributed by atoms with Gasteiger partial charge in [0.1, 0.15) is 23.1 Å². The Hall–Kier alpha value is -4.84. The molecular formula is C33H36F5N5O7S. The maximum Gasteiger partial charge on any atom is 0.573 e. The van der Waals surface area contributed by atoms with Crippen molar-refractivity contribution in [3.05, 3.63) is 83.7 Å². The smallest absolute Gasteiger partial charge is 0.455 e. The molecule has 0 saturated carbocycles. The van der Waals surface area contributed by atoms with Crippen molar-refractivity contribution in [2.45, 2.75) is 69.5 Å². The van der Waals surface area contributed by atoms with Gasteiger partial charge in [-0.15, -0.1) is 13.2 Å². The predicted octanol–water partition coefficient (Wildman–Crippen LogP) is 5.66. The van der Waals surface area contributed by atoms with Crippen molar-refractivity contribution < 1.29 is 54.2 Å². The lowest BCUT2D eigenvalue weighted by Crippen LogP contribution is -2.61. The number of esters is 1. The number of benzene rings is 2. The van der Waals surface area contributed by atoms with Gasteiger partial charge in [0.05, 0.1) is 4.90 Å². The number of halogens is 5. The second-order valence-corrected chi connectivity index (χ2v) is 14.3. The van der Waals surface area contributed by atoms with Crippen LogP contribution in [0.5, 0.6) is 5.75 Å². The van der Waals surface area contributed by atoms with Crippen LogP contribution in [0.15, 0.2) is 71.8 Å². The number of anilines is 1. The number of pyridine rings is 1. The minimum atomic E-state index is -5.01. The fourth-order valence-electron chi connectivity index (χ4n) is 4.93. The van der Waals surface area contributed by atoms with Crippen molar-refractivity contribution in [1.82, 2.24) is 19.5 Å².